The quantitative estimate of drug-likeness (QED) is 0.464. The Bertz CT molecular complexity index is 663. The monoisotopic (exact) mass is 284 g/mol. The number of ketones is 1. The van der Waals surface area contributed by atoms with E-state index in [4.69, 9.17) is 4.74 Å². The zero-order valence-electron chi connectivity index (χ0n) is 11.2. The Hall–Kier alpha value is -2.75. The highest BCUT2D eigenvalue weighted by Gasteiger charge is 2.05. The molecule has 0 radical (unpaired) electrons. The molecule has 0 heterocycles. The molecule has 0 unspecified atom stereocenters. The van der Waals surface area contributed by atoms with Gasteiger partial charge >= 0.3 is 0 Å². The van der Waals surface area contributed by atoms with Gasteiger partial charge in [-0.15, -0.1) is 0 Å². The summed E-state index contributed by atoms with van der Waals surface area (Å²) in [4.78, 5) is 22.3. The van der Waals surface area contributed by atoms with Crippen molar-refractivity contribution < 1.29 is 18.7 Å². The van der Waals surface area contributed by atoms with E-state index in [2.05, 4.69) is 0 Å². The number of halogens is 1. The van der Waals surface area contributed by atoms with Crippen LogP contribution < -0.4 is 4.74 Å². The van der Waals surface area contributed by atoms with Crippen LogP contribution in [0.3, 0.4) is 0 Å². The van der Waals surface area contributed by atoms with Gasteiger partial charge in [0.15, 0.2) is 12.1 Å². The van der Waals surface area contributed by atoms with Crippen molar-refractivity contribution in [3.8, 4) is 5.75 Å². The predicted octanol–water partition coefficient (Wildman–Crippen LogP) is 3.30. The van der Waals surface area contributed by atoms with Crippen molar-refractivity contribution in [3.05, 3.63) is 71.6 Å². The van der Waals surface area contributed by atoms with Gasteiger partial charge in [-0.1, -0.05) is 30.3 Å². The summed E-state index contributed by atoms with van der Waals surface area (Å²) >= 11 is 0. The van der Waals surface area contributed by atoms with Crippen molar-refractivity contribution in [1.29, 1.82) is 0 Å². The van der Waals surface area contributed by atoms with Crippen LogP contribution in [0.1, 0.15) is 15.9 Å². The summed E-state index contributed by atoms with van der Waals surface area (Å²) in [5.74, 6) is -0.290. The largest absolute Gasteiger partial charge is 0.486 e. The molecule has 0 aliphatic rings. The van der Waals surface area contributed by atoms with Crippen molar-refractivity contribution in [3.63, 3.8) is 0 Å². The van der Waals surface area contributed by atoms with Crippen LogP contribution in [0.4, 0.5) is 4.39 Å². The molecule has 0 saturated heterocycles. The Morgan fingerprint density at radius 1 is 1.14 bits per heavy atom. The molecule has 0 saturated carbocycles. The fourth-order valence-electron chi connectivity index (χ4n) is 1.77. The zero-order chi connectivity index (χ0) is 15.1. The van der Waals surface area contributed by atoms with Gasteiger partial charge in [-0.2, -0.15) is 0 Å². The van der Waals surface area contributed by atoms with Crippen LogP contribution in [0, 0.1) is 5.82 Å². The lowest BCUT2D eigenvalue weighted by atomic mass is 10.1. The molecule has 3 nitrogen and oxygen atoms in total. The van der Waals surface area contributed by atoms with Crippen LogP contribution in [0.2, 0.25) is 0 Å². The standard InChI is InChI=1S/C17H13FO3/c18-15-7-9-17(21-11-10-19)14(12-15)6-8-16(20)13-4-2-1-3-5-13/h1-10,12H,11H2/b8-6+. The number of carbonyl (C=O) groups is 2. The first-order chi connectivity index (χ1) is 10.2. The zero-order valence-corrected chi connectivity index (χ0v) is 11.2. The van der Waals surface area contributed by atoms with Crippen molar-refractivity contribution in [1.82, 2.24) is 0 Å². The van der Waals surface area contributed by atoms with Gasteiger partial charge in [-0.05, 0) is 30.4 Å². The highest BCUT2D eigenvalue weighted by atomic mass is 19.1. The van der Waals surface area contributed by atoms with E-state index >= 15 is 0 Å². The highest BCUT2D eigenvalue weighted by molar-refractivity contribution is 6.06. The summed E-state index contributed by atoms with van der Waals surface area (Å²) in [5.41, 5.74) is 0.946. The van der Waals surface area contributed by atoms with E-state index in [0.29, 0.717) is 23.2 Å². The fraction of sp³-hybridized carbons (Fsp3) is 0.0588. The van der Waals surface area contributed by atoms with Crippen LogP contribution in [-0.4, -0.2) is 18.7 Å². The third-order valence-electron chi connectivity index (χ3n) is 2.75. The first-order valence-corrected chi connectivity index (χ1v) is 6.34. The average Bonchev–Trinajstić information content (AvgIpc) is 2.52. The van der Waals surface area contributed by atoms with E-state index in [1.54, 1.807) is 24.3 Å². The number of allylic oxidation sites excluding steroid dienone is 1. The van der Waals surface area contributed by atoms with E-state index in [1.807, 2.05) is 6.07 Å². The Kier molecular flexibility index (Phi) is 4.99. The molecule has 2 rings (SSSR count). The van der Waals surface area contributed by atoms with Crippen LogP contribution >= 0.6 is 0 Å². The van der Waals surface area contributed by atoms with E-state index in [0.717, 1.165) is 0 Å². The SMILES string of the molecule is O=CCOc1ccc(F)cc1/C=C/C(=O)c1ccccc1. The molecule has 0 bridgehead atoms. The Morgan fingerprint density at radius 2 is 1.90 bits per heavy atom. The second-order valence-electron chi connectivity index (χ2n) is 4.22. The molecule has 0 N–H and O–H groups in total. The summed E-state index contributed by atoms with van der Waals surface area (Å²) in [7, 11) is 0. The lowest BCUT2D eigenvalue weighted by molar-refractivity contribution is -0.109. The third kappa shape index (κ3) is 4.11. The van der Waals surface area contributed by atoms with Gasteiger partial charge in [0.25, 0.3) is 0 Å². The number of benzene rings is 2. The molecule has 2 aromatic rings. The van der Waals surface area contributed by atoms with Crippen molar-refractivity contribution in [2.75, 3.05) is 6.61 Å². The van der Waals surface area contributed by atoms with Crippen LogP contribution in [-0.2, 0) is 4.79 Å². The summed E-state index contributed by atoms with van der Waals surface area (Å²) in [6, 6.07) is 12.6. The molecule has 0 aliphatic carbocycles. The fourth-order valence-corrected chi connectivity index (χ4v) is 1.77. The molecule has 2 aromatic carbocycles. The number of aldehydes is 1. The number of ether oxygens (including phenoxy) is 1. The molecular weight excluding hydrogens is 271 g/mol. The molecule has 0 amide bonds. The minimum atomic E-state index is -0.444. The van der Waals surface area contributed by atoms with Gasteiger partial charge < -0.3 is 4.74 Å². The molecule has 0 spiro atoms. The van der Waals surface area contributed by atoms with E-state index in [1.165, 1.54) is 30.4 Å². The molecule has 0 aliphatic heterocycles. The normalized spacial score (nSPS) is 10.5. The Morgan fingerprint density at radius 3 is 2.62 bits per heavy atom. The summed E-state index contributed by atoms with van der Waals surface area (Å²) in [6.07, 6.45) is 3.42. The third-order valence-corrected chi connectivity index (χ3v) is 2.75. The maximum absolute atomic E-state index is 13.3. The predicted molar refractivity (Wildman–Crippen MR) is 77.8 cm³/mol. The van der Waals surface area contributed by atoms with Gasteiger partial charge in [0.1, 0.15) is 18.2 Å². The number of carbonyl (C=O) groups excluding carboxylic acids is 2. The molecule has 0 aromatic heterocycles. The van der Waals surface area contributed by atoms with E-state index in [-0.39, 0.29) is 12.4 Å². The molecule has 4 heteroatoms. The van der Waals surface area contributed by atoms with Gasteiger partial charge in [-0.25, -0.2) is 4.39 Å². The van der Waals surface area contributed by atoms with Gasteiger partial charge in [-0.3, -0.25) is 9.59 Å². The Labute approximate surface area is 121 Å². The first-order valence-electron chi connectivity index (χ1n) is 6.34. The van der Waals surface area contributed by atoms with Gasteiger partial charge in [0, 0.05) is 11.1 Å². The van der Waals surface area contributed by atoms with E-state index < -0.39 is 5.82 Å². The maximum Gasteiger partial charge on any atom is 0.185 e. The first kappa shape index (κ1) is 14.7. The van der Waals surface area contributed by atoms with Crippen molar-refractivity contribution in [2.45, 2.75) is 0 Å². The summed E-state index contributed by atoms with van der Waals surface area (Å²) in [5, 5.41) is 0. The minimum Gasteiger partial charge on any atom is -0.486 e. The van der Waals surface area contributed by atoms with Crippen molar-refractivity contribution in [2.24, 2.45) is 0 Å². The second-order valence-corrected chi connectivity index (χ2v) is 4.22. The molecule has 0 atom stereocenters. The van der Waals surface area contributed by atoms with Crippen molar-refractivity contribution >= 4 is 18.1 Å². The lowest BCUT2D eigenvalue weighted by Gasteiger charge is -2.06. The number of hydrogen-bond donors (Lipinski definition) is 0. The average molecular weight is 284 g/mol. The highest BCUT2D eigenvalue weighted by Crippen LogP contribution is 2.21. The maximum atomic E-state index is 13.3. The summed E-state index contributed by atoms with van der Waals surface area (Å²) in [6.45, 7) is -0.126. The van der Waals surface area contributed by atoms with E-state index in [9.17, 15) is 14.0 Å². The topological polar surface area (TPSA) is 43.4 Å². The number of rotatable bonds is 6. The van der Waals surface area contributed by atoms with Gasteiger partial charge in [0.2, 0.25) is 0 Å². The smallest absolute Gasteiger partial charge is 0.185 e. The minimum absolute atomic E-state index is 0.126. The molecular formula is C17H13FO3. The molecule has 21 heavy (non-hydrogen) atoms. The van der Waals surface area contributed by atoms with Gasteiger partial charge in [0.05, 0.1) is 0 Å². The summed E-state index contributed by atoms with van der Waals surface area (Å²) < 4.78 is 18.5. The number of hydrogen-bond acceptors (Lipinski definition) is 3. The molecule has 106 valence electrons. The van der Waals surface area contributed by atoms with Crippen LogP contribution in [0.5, 0.6) is 5.75 Å². The van der Waals surface area contributed by atoms with Crippen LogP contribution in [0.25, 0.3) is 6.08 Å². The Balaban J connectivity index is 2.21. The second kappa shape index (κ2) is 7.14. The lowest BCUT2D eigenvalue weighted by Crippen LogP contribution is -2.00. The van der Waals surface area contributed by atoms with Crippen LogP contribution in [0.15, 0.2) is 54.6 Å². The molecule has 0 fully saturated rings.